The van der Waals surface area contributed by atoms with Crippen LogP contribution in [0.3, 0.4) is 0 Å². The van der Waals surface area contributed by atoms with Gasteiger partial charge in [-0.05, 0) is 17.7 Å². The van der Waals surface area contributed by atoms with E-state index in [1.165, 1.54) is 5.56 Å². The third-order valence-electron chi connectivity index (χ3n) is 2.29. The van der Waals surface area contributed by atoms with Gasteiger partial charge in [-0.3, -0.25) is 0 Å². The molecule has 0 unspecified atom stereocenters. The van der Waals surface area contributed by atoms with Crippen LogP contribution >= 0.6 is 47.8 Å². The average Bonchev–Trinajstić information content (AvgIpc) is 2.36. The van der Waals surface area contributed by atoms with Gasteiger partial charge in [-0.2, -0.15) is 0 Å². The van der Waals surface area contributed by atoms with E-state index in [4.69, 9.17) is 0 Å². The van der Waals surface area contributed by atoms with Crippen molar-refractivity contribution in [2.24, 2.45) is 0 Å². The molecular formula is C11H9Br3N2. The minimum atomic E-state index is 0.732. The lowest BCUT2D eigenvalue weighted by Crippen LogP contribution is -1.98. The molecule has 0 aliphatic carbocycles. The Balaban J connectivity index is 2.63. The van der Waals surface area contributed by atoms with E-state index >= 15 is 0 Å². The number of nitrogens with zero attached hydrogens (tertiary/aromatic N) is 2. The minimum absolute atomic E-state index is 0.732. The second-order valence-corrected chi connectivity index (χ2v) is 5.02. The van der Waals surface area contributed by atoms with Gasteiger partial charge in [0.2, 0.25) is 0 Å². The van der Waals surface area contributed by atoms with E-state index in [2.05, 4.69) is 69.9 Å². The van der Waals surface area contributed by atoms with Crippen LogP contribution in [-0.2, 0) is 16.0 Å². The second-order valence-electron chi connectivity index (χ2n) is 3.34. The highest BCUT2D eigenvalue weighted by molar-refractivity contribution is 9.09. The molecule has 2 aromatic rings. The van der Waals surface area contributed by atoms with Crippen LogP contribution in [0, 0.1) is 0 Å². The molecule has 0 radical (unpaired) electrons. The Kier molecular flexibility index (Phi) is 4.33. The van der Waals surface area contributed by atoms with Crippen LogP contribution in [0.4, 0.5) is 0 Å². The lowest BCUT2D eigenvalue weighted by molar-refractivity contribution is 1.08. The summed E-state index contributed by atoms with van der Waals surface area (Å²) in [5.74, 6) is 0. The molecule has 84 valence electrons. The molecule has 0 aliphatic heterocycles. The normalized spacial score (nSPS) is 10.9. The topological polar surface area (TPSA) is 25.8 Å². The van der Waals surface area contributed by atoms with Crippen molar-refractivity contribution in [1.82, 2.24) is 9.97 Å². The summed E-state index contributed by atoms with van der Waals surface area (Å²) in [5.41, 5.74) is 5.11. The molecule has 0 spiro atoms. The molecule has 0 saturated carbocycles. The predicted octanol–water partition coefficient (Wildman–Crippen LogP) is 4.31. The van der Waals surface area contributed by atoms with Crippen LogP contribution in [0.25, 0.3) is 11.0 Å². The third kappa shape index (κ3) is 2.46. The molecule has 2 nitrogen and oxygen atoms in total. The van der Waals surface area contributed by atoms with Crippen molar-refractivity contribution >= 4 is 58.8 Å². The number of alkyl halides is 3. The summed E-state index contributed by atoms with van der Waals surface area (Å²) < 4.78 is 0. The Morgan fingerprint density at radius 1 is 0.812 bits per heavy atom. The van der Waals surface area contributed by atoms with Crippen molar-refractivity contribution in [1.29, 1.82) is 0 Å². The van der Waals surface area contributed by atoms with Crippen LogP contribution in [0.15, 0.2) is 18.2 Å². The summed E-state index contributed by atoms with van der Waals surface area (Å²) in [6, 6.07) is 6.15. The van der Waals surface area contributed by atoms with Gasteiger partial charge in [0.05, 0.1) is 22.4 Å². The first kappa shape index (κ1) is 12.5. The molecule has 0 bridgehead atoms. The number of hydrogen-bond donors (Lipinski definition) is 0. The summed E-state index contributed by atoms with van der Waals surface area (Å²) in [6.45, 7) is 0. The van der Waals surface area contributed by atoms with Crippen LogP contribution in [-0.4, -0.2) is 9.97 Å². The van der Waals surface area contributed by atoms with Crippen molar-refractivity contribution in [3.63, 3.8) is 0 Å². The van der Waals surface area contributed by atoms with Crippen molar-refractivity contribution in [2.45, 2.75) is 16.0 Å². The first-order valence-electron chi connectivity index (χ1n) is 4.74. The number of aromatic nitrogens is 2. The molecule has 2 rings (SSSR count). The summed E-state index contributed by atoms with van der Waals surface area (Å²) in [7, 11) is 0. The molecule has 0 aliphatic rings. The maximum absolute atomic E-state index is 4.61. The van der Waals surface area contributed by atoms with Gasteiger partial charge in [-0.15, -0.1) is 0 Å². The molecule has 0 N–H and O–H groups in total. The van der Waals surface area contributed by atoms with Crippen molar-refractivity contribution in [3.05, 3.63) is 35.2 Å². The molecule has 0 saturated heterocycles. The smallest absolute Gasteiger partial charge is 0.0893 e. The zero-order valence-electron chi connectivity index (χ0n) is 8.38. The van der Waals surface area contributed by atoms with E-state index in [0.29, 0.717) is 0 Å². The molecule has 5 heteroatoms. The standard InChI is InChI=1S/C11H9Br3N2/c12-4-7-1-2-8-9(3-7)16-11(6-14)10(5-13)15-8/h1-3H,4-6H2. The number of hydrogen-bond acceptors (Lipinski definition) is 2. The summed E-state index contributed by atoms with van der Waals surface area (Å²) >= 11 is 10.3. The summed E-state index contributed by atoms with van der Waals surface area (Å²) in [6.07, 6.45) is 0. The van der Waals surface area contributed by atoms with Gasteiger partial charge in [-0.1, -0.05) is 53.9 Å². The highest BCUT2D eigenvalue weighted by Crippen LogP contribution is 2.19. The number of fused-ring (bicyclic) bond motifs is 1. The van der Waals surface area contributed by atoms with Crippen LogP contribution in [0.1, 0.15) is 17.0 Å². The third-order valence-corrected chi connectivity index (χ3v) is 4.00. The lowest BCUT2D eigenvalue weighted by Gasteiger charge is -2.06. The fourth-order valence-electron chi connectivity index (χ4n) is 1.47. The van der Waals surface area contributed by atoms with Gasteiger partial charge in [0.1, 0.15) is 0 Å². The maximum atomic E-state index is 4.61. The molecule has 1 aromatic carbocycles. The minimum Gasteiger partial charge on any atom is -0.248 e. The molecule has 0 atom stereocenters. The maximum Gasteiger partial charge on any atom is 0.0893 e. The molecular weight excluding hydrogens is 400 g/mol. The molecule has 1 heterocycles. The van der Waals surface area contributed by atoms with E-state index in [1.54, 1.807) is 0 Å². The summed E-state index contributed by atoms with van der Waals surface area (Å²) in [5, 5.41) is 2.31. The Labute approximate surface area is 119 Å². The fraction of sp³-hybridized carbons (Fsp3) is 0.273. The summed E-state index contributed by atoms with van der Waals surface area (Å²) in [4.78, 5) is 9.20. The van der Waals surface area contributed by atoms with Crippen LogP contribution < -0.4 is 0 Å². The first-order chi connectivity index (χ1) is 7.78. The van der Waals surface area contributed by atoms with E-state index in [-0.39, 0.29) is 0 Å². The zero-order chi connectivity index (χ0) is 11.5. The van der Waals surface area contributed by atoms with Gasteiger partial charge in [0.15, 0.2) is 0 Å². The van der Waals surface area contributed by atoms with Gasteiger partial charge in [0.25, 0.3) is 0 Å². The van der Waals surface area contributed by atoms with Crippen molar-refractivity contribution < 1.29 is 0 Å². The highest BCUT2D eigenvalue weighted by Gasteiger charge is 2.07. The SMILES string of the molecule is BrCc1ccc2nc(CBr)c(CBr)nc2c1. The van der Waals surface area contributed by atoms with Gasteiger partial charge in [0, 0.05) is 16.0 Å². The van der Waals surface area contributed by atoms with E-state index < -0.39 is 0 Å². The fourth-order valence-corrected chi connectivity index (χ4v) is 2.72. The zero-order valence-corrected chi connectivity index (χ0v) is 13.1. The Hall–Kier alpha value is -0.000000000000000111. The second kappa shape index (κ2) is 5.56. The molecule has 1 aromatic heterocycles. The van der Waals surface area contributed by atoms with E-state index in [9.17, 15) is 0 Å². The van der Waals surface area contributed by atoms with E-state index in [0.717, 1.165) is 38.4 Å². The monoisotopic (exact) mass is 406 g/mol. The number of benzene rings is 1. The highest BCUT2D eigenvalue weighted by atomic mass is 79.9. The first-order valence-corrected chi connectivity index (χ1v) is 8.11. The van der Waals surface area contributed by atoms with Gasteiger partial charge >= 0.3 is 0 Å². The van der Waals surface area contributed by atoms with Crippen molar-refractivity contribution in [2.75, 3.05) is 0 Å². The Bertz CT molecular complexity index is 514. The van der Waals surface area contributed by atoms with Crippen molar-refractivity contribution in [3.8, 4) is 0 Å². The Morgan fingerprint density at radius 3 is 2.00 bits per heavy atom. The molecule has 0 amide bonds. The predicted molar refractivity (Wildman–Crippen MR) is 77.4 cm³/mol. The molecule has 16 heavy (non-hydrogen) atoms. The van der Waals surface area contributed by atoms with Crippen LogP contribution in [0.2, 0.25) is 0 Å². The lowest BCUT2D eigenvalue weighted by atomic mass is 10.2. The van der Waals surface area contributed by atoms with Gasteiger partial charge < -0.3 is 0 Å². The largest absolute Gasteiger partial charge is 0.248 e. The van der Waals surface area contributed by atoms with Gasteiger partial charge in [-0.25, -0.2) is 9.97 Å². The number of halogens is 3. The van der Waals surface area contributed by atoms with Crippen LogP contribution in [0.5, 0.6) is 0 Å². The number of rotatable bonds is 3. The quantitative estimate of drug-likeness (QED) is 0.707. The van der Waals surface area contributed by atoms with E-state index in [1.807, 2.05) is 6.07 Å². The molecule has 0 fully saturated rings. The Morgan fingerprint density at radius 2 is 1.44 bits per heavy atom. The average molecular weight is 409 g/mol.